The lowest BCUT2D eigenvalue weighted by Crippen LogP contribution is -2.50. The molecule has 1 fully saturated rings. The zero-order valence-electron chi connectivity index (χ0n) is 21.4. The number of amides is 1. The molecule has 1 aliphatic rings. The molecule has 2 aromatic rings. The Morgan fingerprint density at radius 2 is 1.71 bits per heavy atom. The first-order valence-electron chi connectivity index (χ1n) is 11.9. The summed E-state index contributed by atoms with van der Waals surface area (Å²) >= 11 is 0. The molecule has 2 aromatic carbocycles. The Labute approximate surface area is 188 Å². The summed E-state index contributed by atoms with van der Waals surface area (Å²) in [5, 5.41) is 13.6. The quantitative estimate of drug-likeness (QED) is 0.636. The van der Waals surface area contributed by atoms with E-state index in [0.717, 1.165) is 16.8 Å². The molecule has 1 amide bonds. The summed E-state index contributed by atoms with van der Waals surface area (Å²) in [5.41, 5.74) is 2.81. The molecule has 1 aliphatic heterocycles. The maximum absolute atomic E-state index is 12.6. The summed E-state index contributed by atoms with van der Waals surface area (Å²) in [4.78, 5) is 15.9. The monoisotopic (exact) mass is 430 g/mol. The van der Waals surface area contributed by atoms with Gasteiger partial charge in [-0.15, -0.1) is 0 Å². The van der Waals surface area contributed by atoms with Crippen molar-refractivity contribution in [1.29, 1.82) is 0 Å². The van der Waals surface area contributed by atoms with Gasteiger partial charge in [-0.3, -0.25) is 14.6 Å². The highest BCUT2D eigenvalue weighted by Crippen LogP contribution is 2.25. The predicted molar refractivity (Wildman–Crippen MR) is 122 cm³/mol. The van der Waals surface area contributed by atoms with Crippen LogP contribution in [0, 0.1) is 13.8 Å². The van der Waals surface area contributed by atoms with E-state index in [1.54, 1.807) is 24.3 Å². The highest BCUT2D eigenvalue weighted by atomic mass is 16.5. The van der Waals surface area contributed by atoms with Crippen molar-refractivity contribution in [3.63, 3.8) is 0 Å². The molecule has 0 bridgehead atoms. The number of nitrogens with zero attached hydrogens (tertiary/aromatic N) is 2. The van der Waals surface area contributed by atoms with Crippen LogP contribution in [-0.2, 0) is 4.79 Å². The normalized spacial score (nSPS) is 18.9. The highest BCUT2D eigenvalue weighted by Gasteiger charge is 2.21. The minimum absolute atomic E-state index is 0.129. The summed E-state index contributed by atoms with van der Waals surface area (Å²) < 4.78 is 35.9. The fraction of sp³-hybridized carbons (Fsp3) is 0.458. The van der Waals surface area contributed by atoms with E-state index in [2.05, 4.69) is 5.32 Å². The van der Waals surface area contributed by atoms with Crippen molar-refractivity contribution in [3.05, 3.63) is 53.6 Å². The van der Waals surface area contributed by atoms with Gasteiger partial charge in [0, 0.05) is 41.1 Å². The van der Waals surface area contributed by atoms with Gasteiger partial charge in [0.1, 0.15) is 12.7 Å². The van der Waals surface area contributed by atoms with Gasteiger partial charge < -0.3 is 19.9 Å². The van der Waals surface area contributed by atoms with Crippen LogP contribution in [0.2, 0.25) is 0 Å². The summed E-state index contributed by atoms with van der Waals surface area (Å²) in [6.45, 7) is 2.55. The van der Waals surface area contributed by atoms with Crippen molar-refractivity contribution in [2.24, 2.45) is 0 Å². The number of piperazine rings is 1. The highest BCUT2D eigenvalue weighted by molar-refractivity contribution is 5.93. The van der Waals surface area contributed by atoms with Gasteiger partial charge in [0.2, 0.25) is 5.91 Å². The molecular formula is C24H33N3O4. The molecule has 1 saturated heterocycles. The van der Waals surface area contributed by atoms with Crippen molar-refractivity contribution in [2.75, 3.05) is 58.3 Å². The average Bonchev–Trinajstić information content (AvgIpc) is 2.80. The number of para-hydroxylation sites is 3. The Balaban J connectivity index is 1.54. The largest absolute Gasteiger partial charge is 0.493 e. The first-order chi connectivity index (χ1) is 16.0. The molecule has 2 N–H and O–H groups in total. The lowest BCUT2D eigenvalue weighted by atomic mass is 10.1. The van der Waals surface area contributed by atoms with Crippen LogP contribution in [0.15, 0.2) is 42.5 Å². The van der Waals surface area contributed by atoms with E-state index < -0.39 is 19.2 Å². The number of ether oxygens (including phenoxy) is 2. The molecule has 0 saturated carbocycles. The number of carbonyl (C=O) groups excluding carboxylic acids is 1. The van der Waals surface area contributed by atoms with Gasteiger partial charge in [-0.05, 0) is 37.1 Å². The molecule has 3 rings (SSSR count). The van der Waals surface area contributed by atoms with E-state index in [9.17, 15) is 9.90 Å². The molecule has 0 spiro atoms. The standard InChI is InChI=1S/C24H33N3O4/c1-18-7-6-8-19(2)24(18)25-23(29)16-27-13-11-26(12-14-27)15-20(28)17-31-22-10-5-4-9-21(22)30-3/h4-10,20,28H,11-17H2,1-3H3,(H,25,29)/i15D2,20D. The second-order valence-corrected chi connectivity index (χ2v) is 7.58. The van der Waals surface area contributed by atoms with Crippen LogP contribution in [0.25, 0.3) is 0 Å². The molecule has 31 heavy (non-hydrogen) atoms. The fourth-order valence-electron chi connectivity index (χ4n) is 3.51. The Morgan fingerprint density at radius 1 is 1.10 bits per heavy atom. The molecule has 1 unspecified atom stereocenters. The number of aryl methyl sites for hydroxylation is 2. The number of carbonyl (C=O) groups is 1. The number of β-amino-alcohol motifs (C(OH)–C–C–N with tert-alkyl or cyclic N) is 1. The van der Waals surface area contributed by atoms with Crippen LogP contribution in [-0.4, -0.2) is 79.8 Å². The minimum atomic E-state index is -2.52. The molecule has 0 radical (unpaired) electrons. The summed E-state index contributed by atoms with van der Waals surface area (Å²) in [7, 11) is 1.48. The topological polar surface area (TPSA) is 74.3 Å². The molecule has 7 heteroatoms. The van der Waals surface area contributed by atoms with E-state index in [1.165, 1.54) is 12.0 Å². The SMILES string of the molecule is [2H]C(O)(COc1ccccc1OC)C([2H])([2H])N1CCN(CC(=O)Nc2c(C)cccc2C)CC1. The molecule has 7 nitrogen and oxygen atoms in total. The Kier molecular flexibility index (Phi) is 6.86. The van der Waals surface area contributed by atoms with Gasteiger partial charge in [-0.25, -0.2) is 0 Å². The minimum Gasteiger partial charge on any atom is -0.493 e. The average molecular weight is 431 g/mol. The van der Waals surface area contributed by atoms with Crippen LogP contribution in [0.4, 0.5) is 5.69 Å². The Hall–Kier alpha value is -2.61. The number of hydrogen-bond acceptors (Lipinski definition) is 6. The number of rotatable bonds is 9. The number of methoxy groups -OCH3 is 1. The zero-order valence-corrected chi connectivity index (χ0v) is 18.4. The maximum atomic E-state index is 12.6. The van der Waals surface area contributed by atoms with E-state index in [0.29, 0.717) is 24.6 Å². The smallest absolute Gasteiger partial charge is 0.238 e. The van der Waals surface area contributed by atoms with Crippen LogP contribution in [0.3, 0.4) is 0 Å². The van der Waals surface area contributed by atoms with Crippen molar-refractivity contribution in [2.45, 2.75) is 19.9 Å². The molecule has 1 atom stereocenters. The predicted octanol–water partition coefficient (Wildman–Crippen LogP) is 2.31. The molecule has 1 heterocycles. The number of aliphatic hydroxyl groups is 1. The zero-order chi connectivity index (χ0) is 24.9. The van der Waals surface area contributed by atoms with Crippen molar-refractivity contribution in [1.82, 2.24) is 9.80 Å². The third-order valence-electron chi connectivity index (χ3n) is 5.21. The number of benzene rings is 2. The Bertz CT molecular complexity index is 975. The van der Waals surface area contributed by atoms with Crippen LogP contribution in [0.5, 0.6) is 11.5 Å². The number of nitrogens with one attached hydrogen (secondary N) is 1. The summed E-state index contributed by atoms with van der Waals surface area (Å²) in [6.07, 6.45) is -2.52. The van der Waals surface area contributed by atoms with E-state index in [1.807, 2.05) is 36.9 Å². The van der Waals surface area contributed by atoms with Crippen LogP contribution in [0.1, 0.15) is 15.2 Å². The van der Waals surface area contributed by atoms with E-state index in [4.69, 9.17) is 13.6 Å². The van der Waals surface area contributed by atoms with Crippen molar-refractivity contribution >= 4 is 11.6 Å². The lowest BCUT2D eigenvalue weighted by molar-refractivity contribution is -0.117. The molecule has 0 aliphatic carbocycles. The summed E-state index contributed by atoms with van der Waals surface area (Å²) in [6, 6.07) is 12.6. The van der Waals surface area contributed by atoms with Gasteiger partial charge in [0.25, 0.3) is 0 Å². The van der Waals surface area contributed by atoms with Gasteiger partial charge >= 0.3 is 0 Å². The summed E-state index contributed by atoms with van der Waals surface area (Å²) in [5.74, 6) is 0.633. The first-order valence-corrected chi connectivity index (χ1v) is 10.4. The van der Waals surface area contributed by atoms with Gasteiger partial charge in [-0.1, -0.05) is 30.3 Å². The first kappa shape index (κ1) is 19.1. The molecule has 168 valence electrons. The molecule has 0 aromatic heterocycles. The van der Waals surface area contributed by atoms with Crippen molar-refractivity contribution < 1.29 is 23.5 Å². The number of hydrogen-bond donors (Lipinski definition) is 2. The van der Waals surface area contributed by atoms with E-state index in [-0.39, 0.29) is 25.5 Å². The van der Waals surface area contributed by atoms with E-state index >= 15 is 0 Å². The van der Waals surface area contributed by atoms with Crippen LogP contribution >= 0.6 is 0 Å². The lowest BCUT2D eigenvalue weighted by Gasteiger charge is -2.35. The fourth-order valence-corrected chi connectivity index (χ4v) is 3.51. The molecular weight excluding hydrogens is 394 g/mol. The van der Waals surface area contributed by atoms with Gasteiger partial charge in [-0.2, -0.15) is 0 Å². The second-order valence-electron chi connectivity index (χ2n) is 7.58. The Morgan fingerprint density at radius 3 is 2.35 bits per heavy atom. The van der Waals surface area contributed by atoms with Gasteiger partial charge in [0.05, 0.1) is 15.0 Å². The van der Waals surface area contributed by atoms with Crippen LogP contribution < -0.4 is 14.8 Å². The number of anilines is 1. The third kappa shape index (κ3) is 6.69. The third-order valence-corrected chi connectivity index (χ3v) is 5.21. The second kappa shape index (κ2) is 11.1. The van der Waals surface area contributed by atoms with Crippen molar-refractivity contribution in [3.8, 4) is 11.5 Å². The maximum Gasteiger partial charge on any atom is 0.238 e. The van der Waals surface area contributed by atoms with Gasteiger partial charge in [0.15, 0.2) is 11.5 Å².